The average molecular weight is 280 g/mol. The molecule has 3 nitrogen and oxygen atoms in total. The number of nitrogens with zero attached hydrogens (tertiary/aromatic N) is 2. The summed E-state index contributed by atoms with van der Waals surface area (Å²) in [5, 5.41) is 0.747. The molecule has 0 radical (unpaired) electrons. The van der Waals surface area contributed by atoms with Gasteiger partial charge in [-0.2, -0.15) is 0 Å². The summed E-state index contributed by atoms with van der Waals surface area (Å²) in [7, 11) is 0. The van der Waals surface area contributed by atoms with Crippen LogP contribution >= 0.6 is 11.6 Å². The summed E-state index contributed by atoms with van der Waals surface area (Å²) in [6, 6.07) is 1.96. The van der Waals surface area contributed by atoms with Gasteiger partial charge >= 0.3 is 0 Å². The average Bonchev–Trinajstić information content (AvgIpc) is 2.46. The van der Waals surface area contributed by atoms with E-state index in [9.17, 15) is 0 Å². The molecule has 104 valence electrons. The summed E-state index contributed by atoms with van der Waals surface area (Å²) in [6.45, 7) is 2.72. The molecule has 1 aromatic heterocycles. The van der Waals surface area contributed by atoms with E-state index < -0.39 is 0 Å². The predicted molar refractivity (Wildman–Crippen MR) is 79.4 cm³/mol. The fraction of sp³-hybridized carbons (Fsp3) is 0.667. The number of halogens is 1. The summed E-state index contributed by atoms with van der Waals surface area (Å²) in [5.74, 6) is 2.73. The number of rotatable bonds is 2. The van der Waals surface area contributed by atoms with Gasteiger partial charge in [0.1, 0.15) is 5.82 Å². The van der Waals surface area contributed by atoms with Crippen molar-refractivity contribution >= 4 is 17.4 Å². The maximum Gasteiger partial charge on any atom is 0.147 e. The zero-order chi connectivity index (χ0) is 13.2. The predicted octanol–water partition coefficient (Wildman–Crippen LogP) is 3.21. The van der Waals surface area contributed by atoms with Crippen molar-refractivity contribution in [2.24, 2.45) is 17.6 Å². The number of hydrogen-bond acceptors (Lipinski definition) is 3. The fourth-order valence-electron chi connectivity index (χ4n) is 3.61. The van der Waals surface area contributed by atoms with Crippen LogP contribution in [0.4, 0.5) is 5.82 Å². The Balaban J connectivity index is 1.75. The molecule has 1 saturated carbocycles. The van der Waals surface area contributed by atoms with E-state index >= 15 is 0 Å². The Morgan fingerprint density at radius 1 is 1.26 bits per heavy atom. The van der Waals surface area contributed by atoms with Gasteiger partial charge in [-0.05, 0) is 36.3 Å². The van der Waals surface area contributed by atoms with Crippen LogP contribution in [-0.4, -0.2) is 18.1 Å². The second-order valence-corrected chi connectivity index (χ2v) is 6.30. The molecule has 1 aromatic rings. The van der Waals surface area contributed by atoms with Crippen molar-refractivity contribution in [3.63, 3.8) is 0 Å². The van der Waals surface area contributed by atoms with Crippen LogP contribution in [0, 0.1) is 11.8 Å². The number of hydrogen-bond donors (Lipinski definition) is 1. The van der Waals surface area contributed by atoms with Gasteiger partial charge in [-0.25, -0.2) is 4.98 Å². The van der Waals surface area contributed by atoms with Crippen LogP contribution in [0.25, 0.3) is 0 Å². The molecular formula is C15H22ClN3. The molecule has 0 aromatic carbocycles. The second kappa shape index (κ2) is 5.68. The summed E-state index contributed by atoms with van der Waals surface area (Å²) >= 11 is 6.36. The van der Waals surface area contributed by atoms with Gasteiger partial charge in [-0.3, -0.25) is 0 Å². The van der Waals surface area contributed by atoms with Crippen LogP contribution in [0.2, 0.25) is 5.02 Å². The Morgan fingerprint density at radius 2 is 2.05 bits per heavy atom. The molecule has 3 rings (SSSR count). The Bertz CT molecular complexity index is 449. The van der Waals surface area contributed by atoms with Crippen LogP contribution in [0.1, 0.15) is 37.7 Å². The number of anilines is 1. The first kappa shape index (κ1) is 13.2. The van der Waals surface area contributed by atoms with E-state index in [0.717, 1.165) is 41.3 Å². The smallest absolute Gasteiger partial charge is 0.147 e. The highest BCUT2D eigenvalue weighted by atomic mass is 35.5. The molecule has 2 atom stereocenters. The summed E-state index contributed by atoms with van der Waals surface area (Å²) in [6.07, 6.45) is 8.76. The van der Waals surface area contributed by atoms with Gasteiger partial charge < -0.3 is 10.6 Å². The van der Waals surface area contributed by atoms with Gasteiger partial charge in [0.05, 0.1) is 5.02 Å². The van der Waals surface area contributed by atoms with Crippen LogP contribution in [0.15, 0.2) is 12.3 Å². The molecule has 19 heavy (non-hydrogen) atoms. The van der Waals surface area contributed by atoms with Crippen molar-refractivity contribution in [1.29, 1.82) is 0 Å². The van der Waals surface area contributed by atoms with Crippen molar-refractivity contribution in [2.45, 2.75) is 38.6 Å². The molecule has 1 aliphatic carbocycles. The van der Waals surface area contributed by atoms with E-state index in [1.807, 2.05) is 12.3 Å². The van der Waals surface area contributed by atoms with Crippen LogP contribution in [0.5, 0.6) is 0 Å². The number of nitrogens with two attached hydrogens (primary N) is 1. The Kier molecular flexibility index (Phi) is 3.94. The van der Waals surface area contributed by atoms with Crippen molar-refractivity contribution in [3.05, 3.63) is 22.8 Å². The lowest BCUT2D eigenvalue weighted by Crippen LogP contribution is -2.42. The number of fused-ring (bicyclic) bond motifs is 1. The largest absolute Gasteiger partial charge is 0.355 e. The Morgan fingerprint density at radius 3 is 2.79 bits per heavy atom. The number of aromatic nitrogens is 1. The third kappa shape index (κ3) is 2.72. The highest BCUT2D eigenvalue weighted by Crippen LogP contribution is 2.38. The van der Waals surface area contributed by atoms with Gasteiger partial charge in [-0.15, -0.1) is 0 Å². The van der Waals surface area contributed by atoms with Crippen LogP contribution in [0.3, 0.4) is 0 Å². The summed E-state index contributed by atoms with van der Waals surface area (Å²) in [5.41, 5.74) is 6.62. The third-order valence-electron chi connectivity index (χ3n) is 4.70. The van der Waals surface area contributed by atoms with Gasteiger partial charge in [0, 0.05) is 25.8 Å². The molecule has 1 saturated heterocycles. The zero-order valence-corrected chi connectivity index (χ0v) is 12.1. The van der Waals surface area contributed by atoms with Gasteiger partial charge in [0.15, 0.2) is 0 Å². The molecule has 4 heteroatoms. The highest BCUT2D eigenvalue weighted by molar-refractivity contribution is 6.33. The zero-order valence-electron chi connectivity index (χ0n) is 11.3. The lowest BCUT2D eigenvalue weighted by atomic mass is 9.75. The topological polar surface area (TPSA) is 42.1 Å². The van der Waals surface area contributed by atoms with Crippen LogP contribution < -0.4 is 10.6 Å². The van der Waals surface area contributed by atoms with Gasteiger partial charge in [-0.1, -0.05) is 30.9 Å². The van der Waals surface area contributed by atoms with E-state index in [4.69, 9.17) is 17.3 Å². The number of piperidine rings is 1. The molecule has 2 heterocycles. The fourth-order valence-corrected chi connectivity index (χ4v) is 3.92. The first-order valence-corrected chi connectivity index (χ1v) is 7.75. The molecule has 2 N–H and O–H groups in total. The molecular weight excluding hydrogens is 258 g/mol. The lowest BCUT2D eigenvalue weighted by Gasteiger charge is -2.42. The Hall–Kier alpha value is -0.800. The third-order valence-corrected chi connectivity index (χ3v) is 4.98. The Labute approximate surface area is 120 Å². The van der Waals surface area contributed by atoms with Gasteiger partial charge in [0.2, 0.25) is 0 Å². The van der Waals surface area contributed by atoms with Crippen molar-refractivity contribution in [3.8, 4) is 0 Å². The van der Waals surface area contributed by atoms with Gasteiger partial charge in [0.25, 0.3) is 0 Å². The van der Waals surface area contributed by atoms with E-state index in [0.29, 0.717) is 6.54 Å². The molecule has 1 aliphatic heterocycles. The van der Waals surface area contributed by atoms with Crippen molar-refractivity contribution < 1.29 is 0 Å². The normalized spacial score (nSPS) is 27.2. The van der Waals surface area contributed by atoms with Crippen molar-refractivity contribution in [1.82, 2.24) is 4.98 Å². The maximum atomic E-state index is 6.36. The van der Waals surface area contributed by atoms with Crippen LogP contribution in [-0.2, 0) is 6.54 Å². The molecule has 0 bridgehead atoms. The standard InChI is InChI=1S/C15H22ClN3/c16-14-7-11(8-17)9-18-15(14)19-6-5-12-3-1-2-4-13(12)10-19/h7,9,12-13H,1-6,8,10,17H2. The van der Waals surface area contributed by atoms with E-state index in [-0.39, 0.29) is 0 Å². The summed E-state index contributed by atoms with van der Waals surface area (Å²) in [4.78, 5) is 6.89. The van der Waals surface area contributed by atoms with E-state index in [1.165, 1.54) is 32.1 Å². The second-order valence-electron chi connectivity index (χ2n) is 5.89. The number of pyridine rings is 1. The SMILES string of the molecule is NCc1cnc(N2CCC3CCCCC3C2)c(Cl)c1. The maximum absolute atomic E-state index is 6.36. The first-order chi connectivity index (χ1) is 9.28. The minimum atomic E-state index is 0.498. The van der Waals surface area contributed by atoms with E-state index in [1.54, 1.807) is 0 Å². The molecule has 2 fully saturated rings. The molecule has 2 aliphatic rings. The summed E-state index contributed by atoms with van der Waals surface area (Å²) < 4.78 is 0. The quantitative estimate of drug-likeness (QED) is 0.904. The lowest BCUT2D eigenvalue weighted by molar-refractivity contribution is 0.202. The molecule has 0 spiro atoms. The van der Waals surface area contributed by atoms with Crippen molar-refractivity contribution in [2.75, 3.05) is 18.0 Å². The van der Waals surface area contributed by atoms with E-state index in [2.05, 4.69) is 9.88 Å². The minimum absolute atomic E-state index is 0.498. The minimum Gasteiger partial charge on any atom is -0.355 e. The molecule has 0 amide bonds. The highest BCUT2D eigenvalue weighted by Gasteiger charge is 2.32. The monoisotopic (exact) mass is 279 g/mol. The first-order valence-electron chi connectivity index (χ1n) is 7.37. The molecule has 2 unspecified atom stereocenters.